The summed E-state index contributed by atoms with van der Waals surface area (Å²) >= 11 is 0. The van der Waals surface area contributed by atoms with Crippen LogP contribution in [-0.4, -0.2) is 6.29 Å². The molecule has 5 atom stereocenters. The number of carbonyl (C=O) groups is 1. The molecule has 0 aromatic rings. The summed E-state index contributed by atoms with van der Waals surface area (Å²) in [6, 6.07) is 0. The Bertz CT molecular complexity index is 490. The van der Waals surface area contributed by atoms with Gasteiger partial charge in [0.05, 0.1) is 0 Å². The van der Waals surface area contributed by atoms with Crippen LogP contribution in [0.5, 0.6) is 0 Å². The van der Waals surface area contributed by atoms with Crippen LogP contribution in [0.15, 0.2) is 24.3 Å². The molecule has 0 radical (unpaired) electrons. The smallest absolute Gasteiger partial charge is 0.126 e. The molecule has 0 spiro atoms. The third kappa shape index (κ3) is 2.15. The van der Waals surface area contributed by atoms with Gasteiger partial charge in [0.2, 0.25) is 0 Å². The Morgan fingerprint density at radius 2 is 1.95 bits per heavy atom. The molecule has 5 unspecified atom stereocenters. The number of aldehydes is 1. The van der Waals surface area contributed by atoms with Gasteiger partial charge in [0.1, 0.15) is 6.29 Å². The second-order valence-corrected chi connectivity index (χ2v) is 8.59. The SMILES string of the molecule is C=CC1(C)C=C2CCC3C(C)(C=O)CCCC3(C)C2CC1. The van der Waals surface area contributed by atoms with Gasteiger partial charge in [-0.2, -0.15) is 0 Å². The molecule has 0 amide bonds. The number of hydrogen-bond acceptors (Lipinski definition) is 1. The van der Waals surface area contributed by atoms with E-state index in [0.717, 1.165) is 6.42 Å². The van der Waals surface area contributed by atoms with Gasteiger partial charge in [-0.15, -0.1) is 6.58 Å². The van der Waals surface area contributed by atoms with E-state index >= 15 is 0 Å². The Labute approximate surface area is 129 Å². The van der Waals surface area contributed by atoms with Crippen LogP contribution in [0.25, 0.3) is 0 Å². The van der Waals surface area contributed by atoms with E-state index in [1.807, 2.05) is 0 Å². The van der Waals surface area contributed by atoms with Gasteiger partial charge in [-0.1, -0.05) is 44.9 Å². The summed E-state index contributed by atoms with van der Waals surface area (Å²) in [6.07, 6.45) is 14.4. The van der Waals surface area contributed by atoms with E-state index in [-0.39, 0.29) is 10.8 Å². The maximum Gasteiger partial charge on any atom is 0.126 e. The van der Waals surface area contributed by atoms with Crippen molar-refractivity contribution in [3.05, 3.63) is 24.3 Å². The number of rotatable bonds is 2. The highest BCUT2D eigenvalue weighted by molar-refractivity contribution is 5.60. The summed E-state index contributed by atoms with van der Waals surface area (Å²) in [5.74, 6) is 1.27. The molecule has 0 bridgehead atoms. The monoisotopic (exact) mass is 286 g/mol. The Balaban J connectivity index is 1.98. The van der Waals surface area contributed by atoms with Crippen molar-refractivity contribution in [2.45, 2.75) is 65.7 Å². The van der Waals surface area contributed by atoms with Crippen LogP contribution in [0.3, 0.4) is 0 Å². The molecule has 2 saturated carbocycles. The maximum atomic E-state index is 11.8. The van der Waals surface area contributed by atoms with Crippen LogP contribution in [0, 0.1) is 28.1 Å². The van der Waals surface area contributed by atoms with E-state index in [9.17, 15) is 4.79 Å². The Morgan fingerprint density at radius 3 is 2.62 bits per heavy atom. The maximum absolute atomic E-state index is 11.8. The zero-order valence-electron chi connectivity index (χ0n) is 14.0. The molecule has 3 aliphatic rings. The third-order valence-electron chi connectivity index (χ3n) is 7.21. The van der Waals surface area contributed by atoms with Gasteiger partial charge >= 0.3 is 0 Å². The Kier molecular flexibility index (Phi) is 3.46. The van der Waals surface area contributed by atoms with Crippen LogP contribution in [0.4, 0.5) is 0 Å². The molecule has 0 aromatic heterocycles. The molecule has 21 heavy (non-hydrogen) atoms. The standard InChI is InChI=1S/C20H30O/c1-5-18(2)12-9-16-15(13-18)7-8-17-19(3,14-21)10-6-11-20(16,17)4/h5,13-14,16-17H,1,6-12H2,2-4H3. The van der Waals surface area contributed by atoms with Gasteiger partial charge in [-0.25, -0.2) is 0 Å². The second-order valence-electron chi connectivity index (χ2n) is 8.59. The lowest BCUT2D eigenvalue weighted by Gasteiger charge is -2.59. The fourth-order valence-electron chi connectivity index (χ4n) is 5.88. The van der Waals surface area contributed by atoms with Gasteiger partial charge < -0.3 is 4.79 Å². The molecule has 1 nitrogen and oxygen atoms in total. The summed E-state index contributed by atoms with van der Waals surface area (Å²) in [7, 11) is 0. The largest absolute Gasteiger partial charge is 0.303 e. The Hall–Kier alpha value is -0.850. The first-order valence-electron chi connectivity index (χ1n) is 8.68. The fraction of sp³-hybridized carbons (Fsp3) is 0.750. The number of carbonyl (C=O) groups excluding carboxylic acids is 1. The first-order chi connectivity index (χ1) is 9.87. The third-order valence-corrected chi connectivity index (χ3v) is 7.21. The van der Waals surface area contributed by atoms with Crippen molar-refractivity contribution in [2.24, 2.45) is 28.1 Å². The van der Waals surface area contributed by atoms with Crippen molar-refractivity contribution in [1.82, 2.24) is 0 Å². The van der Waals surface area contributed by atoms with Crippen molar-refractivity contribution in [3.63, 3.8) is 0 Å². The van der Waals surface area contributed by atoms with Gasteiger partial charge in [0, 0.05) is 10.8 Å². The van der Waals surface area contributed by atoms with E-state index < -0.39 is 0 Å². The normalized spacial score (nSPS) is 49.6. The van der Waals surface area contributed by atoms with Gasteiger partial charge in [0.15, 0.2) is 0 Å². The lowest BCUT2D eigenvalue weighted by Crippen LogP contribution is -2.52. The molecule has 0 N–H and O–H groups in total. The van der Waals surface area contributed by atoms with E-state index in [0.29, 0.717) is 17.3 Å². The molecular weight excluding hydrogens is 256 g/mol. The molecule has 116 valence electrons. The summed E-state index contributed by atoms with van der Waals surface area (Å²) in [4.78, 5) is 11.8. The second kappa shape index (κ2) is 4.83. The van der Waals surface area contributed by atoms with Gasteiger partial charge in [0.25, 0.3) is 0 Å². The zero-order chi connectivity index (χ0) is 15.3. The fourth-order valence-corrected chi connectivity index (χ4v) is 5.88. The average molecular weight is 286 g/mol. The van der Waals surface area contributed by atoms with E-state index in [1.165, 1.54) is 44.8 Å². The first kappa shape index (κ1) is 15.1. The highest BCUT2D eigenvalue weighted by atomic mass is 16.1. The first-order valence-corrected chi connectivity index (χ1v) is 8.68. The van der Waals surface area contributed by atoms with E-state index in [2.05, 4.69) is 39.5 Å². The average Bonchev–Trinajstić information content (AvgIpc) is 2.46. The van der Waals surface area contributed by atoms with Crippen LogP contribution in [0.1, 0.15) is 65.7 Å². The summed E-state index contributed by atoms with van der Waals surface area (Å²) in [5.41, 5.74) is 2.10. The molecule has 3 rings (SSSR count). The highest BCUT2D eigenvalue weighted by Crippen LogP contribution is 2.63. The quantitative estimate of drug-likeness (QED) is 0.496. The van der Waals surface area contributed by atoms with Crippen molar-refractivity contribution in [3.8, 4) is 0 Å². The lowest BCUT2D eigenvalue weighted by molar-refractivity contribution is -0.131. The number of allylic oxidation sites excluding steroid dienone is 3. The van der Waals surface area contributed by atoms with Crippen LogP contribution in [0.2, 0.25) is 0 Å². The van der Waals surface area contributed by atoms with Crippen LogP contribution in [-0.2, 0) is 4.79 Å². The van der Waals surface area contributed by atoms with Crippen molar-refractivity contribution < 1.29 is 4.79 Å². The summed E-state index contributed by atoms with van der Waals surface area (Å²) in [5, 5.41) is 0. The van der Waals surface area contributed by atoms with E-state index in [4.69, 9.17) is 0 Å². The molecule has 0 saturated heterocycles. The van der Waals surface area contributed by atoms with Gasteiger partial charge in [-0.05, 0) is 55.8 Å². The molecule has 3 aliphatic carbocycles. The summed E-state index contributed by atoms with van der Waals surface area (Å²) < 4.78 is 0. The van der Waals surface area contributed by atoms with Crippen LogP contribution >= 0.6 is 0 Å². The van der Waals surface area contributed by atoms with Gasteiger partial charge in [-0.3, -0.25) is 0 Å². The molecule has 0 aliphatic heterocycles. The van der Waals surface area contributed by atoms with Crippen molar-refractivity contribution >= 4 is 6.29 Å². The van der Waals surface area contributed by atoms with Crippen molar-refractivity contribution in [2.75, 3.05) is 0 Å². The van der Waals surface area contributed by atoms with E-state index in [1.54, 1.807) is 5.57 Å². The van der Waals surface area contributed by atoms with Crippen LogP contribution < -0.4 is 0 Å². The molecular formula is C20H30O. The molecule has 2 fully saturated rings. The summed E-state index contributed by atoms with van der Waals surface area (Å²) in [6.45, 7) is 11.0. The minimum Gasteiger partial charge on any atom is -0.303 e. The predicted molar refractivity (Wildman–Crippen MR) is 88.0 cm³/mol. The number of fused-ring (bicyclic) bond motifs is 3. The minimum atomic E-state index is -0.0856. The Morgan fingerprint density at radius 1 is 1.19 bits per heavy atom. The molecule has 0 heterocycles. The van der Waals surface area contributed by atoms with Crippen molar-refractivity contribution in [1.29, 1.82) is 0 Å². The topological polar surface area (TPSA) is 17.1 Å². The molecule has 0 aromatic carbocycles. The highest BCUT2D eigenvalue weighted by Gasteiger charge is 2.55. The lowest BCUT2D eigenvalue weighted by atomic mass is 9.45. The number of hydrogen-bond donors (Lipinski definition) is 0. The minimum absolute atomic E-state index is 0.0856. The molecule has 1 heteroatoms. The predicted octanol–water partition coefficient (Wildman–Crippen LogP) is 5.32. The zero-order valence-corrected chi connectivity index (χ0v) is 14.0.